The topological polar surface area (TPSA) is 63.5 Å². The molecule has 5 nitrogen and oxygen atoms in total. The van der Waals surface area contributed by atoms with Crippen LogP contribution in [0.2, 0.25) is 0 Å². The third-order valence-corrected chi connectivity index (χ3v) is 3.80. The number of benzene rings is 1. The summed E-state index contributed by atoms with van der Waals surface area (Å²) >= 11 is 0. The van der Waals surface area contributed by atoms with Crippen LogP contribution < -0.4 is 5.32 Å². The summed E-state index contributed by atoms with van der Waals surface area (Å²) in [5.74, 6) is 0.232. The molecule has 0 aliphatic rings. The van der Waals surface area contributed by atoms with E-state index in [9.17, 15) is 9.90 Å². The van der Waals surface area contributed by atoms with Gasteiger partial charge in [-0.15, -0.1) is 0 Å². The van der Waals surface area contributed by atoms with Crippen molar-refractivity contribution in [2.75, 3.05) is 20.3 Å². The molecule has 0 spiro atoms. The molecule has 1 amide bonds. The maximum Gasteiger partial charge on any atom is 0.268 e. The van der Waals surface area contributed by atoms with Crippen LogP contribution in [0.3, 0.4) is 0 Å². The van der Waals surface area contributed by atoms with Crippen LogP contribution in [0.15, 0.2) is 30.3 Å². The number of rotatable bonds is 8. The van der Waals surface area contributed by atoms with Gasteiger partial charge in [-0.3, -0.25) is 4.79 Å². The highest BCUT2D eigenvalue weighted by molar-refractivity contribution is 5.98. The van der Waals surface area contributed by atoms with Crippen molar-refractivity contribution in [1.29, 1.82) is 0 Å². The second-order valence-electron chi connectivity index (χ2n) is 6.23. The summed E-state index contributed by atoms with van der Waals surface area (Å²) < 4.78 is 7.11. The van der Waals surface area contributed by atoms with Gasteiger partial charge in [-0.2, -0.15) is 0 Å². The second kappa shape index (κ2) is 8.13. The standard InChI is InChI=1S/C18H26N2O3/c1-13(2)10-15(21)12-19-18(22)17-11-14-6-4-5-7-16(14)20(17)8-9-23-3/h4-7,11,13,15,21H,8-10,12H2,1-3H3,(H,19,22). The van der Waals surface area contributed by atoms with Gasteiger partial charge in [0.05, 0.1) is 12.7 Å². The van der Waals surface area contributed by atoms with Crippen LogP contribution in [0.25, 0.3) is 10.9 Å². The predicted octanol–water partition coefficient (Wildman–Crippen LogP) is 2.42. The zero-order valence-corrected chi connectivity index (χ0v) is 14.1. The minimum absolute atomic E-state index is 0.167. The van der Waals surface area contributed by atoms with Gasteiger partial charge in [0.15, 0.2) is 0 Å². The average Bonchev–Trinajstić information content (AvgIpc) is 2.88. The van der Waals surface area contributed by atoms with Gasteiger partial charge in [0.25, 0.3) is 5.91 Å². The molecule has 1 heterocycles. The van der Waals surface area contributed by atoms with Crippen LogP contribution in [0.1, 0.15) is 30.8 Å². The molecule has 0 bridgehead atoms. The number of hydrogen-bond donors (Lipinski definition) is 2. The van der Waals surface area contributed by atoms with Gasteiger partial charge in [-0.1, -0.05) is 32.0 Å². The second-order valence-corrected chi connectivity index (χ2v) is 6.23. The maximum atomic E-state index is 12.5. The van der Waals surface area contributed by atoms with Crippen LogP contribution in [-0.4, -0.2) is 41.9 Å². The first-order valence-electron chi connectivity index (χ1n) is 8.06. The van der Waals surface area contributed by atoms with Gasteiger partial charge < -0.3 is 19.7 Å². The van der Waals surface area contributed by atoms with E-state index in [1.165, 1.54) is 0 Å². The van der Waals surface area contributed by atoms with E-state index in [2.05, 4.69) is 5.32 Å². The van der Waals surface area contributed by atoms with Crippen molar-refractivity contribution in [1.82, 2.24) is 9.88 Å². The number of amides is 1. The van der Waals surface area contributed by atoms with Gasteiger partial charge in [0, 0.05) is 31.1 Å². The van der Waals surface area contributed by atoms with Crippen LogP contribution in [-0.2, 0) is 11.3 Å². The first-order chi connectivity index (χ1) is 11.0. The van der Waals surface area contributed by atoms with Crippen molar-refractivity contribution in [3.63, 3.8) is 0 Å². The SMILES string of the molecule is COCCn1c(C(=O)NCC(O)CC(C)C)cc2ccccc21. The lowest BCUT2D eigenvalue weighted by Crippen LogP contribution is -2.34. The summed E-state index contributed by atoms with van der Waals surface area (Å²) in [6, 6.07) is 9.78. The average molecular weight is 318 g/mol. The lowest BCUT2D eigenvalue weighted by molar-refractivity contribution is 0.0889. The molecule has 0 aliphatic heterocycles. The summed E-state index contributed by atoms with van der Waals surface area (Å²) in [6.07, 6.45) is 0.156. The number of nitrogens with one attached hydrogen (secondary N) is 1. The molecule has 0 aliphatic carbocycles. The largest absolute Gasteiger partial charge is 0.391 e. The molecular weight excluding hydrogens is 292 g/mol. The monoisotopic (exact) mass is 318 g/mol. The zero-order valence-electron chi connectivity index (χ0n) is 14.1. The molecule has 1 atom stereocenters. The number of ether oxygens (including phenoxy) is 1. The van der Waals surface area contributed by atoms with Crippen molar-refractivity contribution < 1.29 is 14.6 Å². The maximum absolute atomic E-state index is 12.5. The van der Waals surface area contributed by atoms with Crippen LogP contribution in [0.4, 0.5) is 0 Å². The molecular formula is C18H26N2O3. The summed E-state index contributed by atoms with van der Waals surface area (Å²) in [5.41, 5.74) is 1.61. The number of hydrogen-bond acceptors (Lipinski definition) is 3. The van der Waals surface area contributed by atoms with E-state index in [0.29, 0.717) is 31.2 Å². The molecule has 2 rings (SSSR count). The van der Waals surface area contributed by atoms with E-state index in [1.54, 1.807) is 7.11 Å². The Hall–Kier alpha value is -1.85. The first kappa shape index (κ1) is 17.5. The van der Waals surface area contributed by atoms with Crippen molar-refractivity contribution in [2.24, 2.45) is 5.92 Å². The Kier molecular flexibility index (Phi) is 6.19. The number of aliphatic hydroxyl groups excluding tert-OH is 1. The molecule has 1 aromatic carbocycles. The molecule has 0 saturated carbocycles. The molecule has 1 aromatic heterocycles. The quantitative estimate of drug-likeness (QED) is 0.786. The van der Waals surface area contributed by atoms with Crippen LogP contribution in [0.5, 0.6) is 0 Å². The summed E-state index contributed by atoms with van der Waals surface area (Å²) in [7, 11) is 1.65. The predicted molar refractivity (Wildman–Crippen MR) is 91.6 cm³/mol. The van der Waals surface area contributed by atoms with E-state index in [0.717, 1.165) is 10.9 Å². The fraction of sp³-hybridized carbons (Fsp3) is 0.500. The third-order valence-electron chi connectivity index (χ3n) is 3.80. The molecule has 0 radical (unpaired) electrons. The fourth-order valence-corrected chi connectivity index (χ4v) is 2.75. The van der Waals surface area contributed by atoms with E-state index in [-0.39, 0.29) is 12.5 Å². The normalized spacial score (nSPS) is 12.7. The molecule has 5 heteroatoms. The van der Waals surface area contributed by atoms with Crippen LogP contribution in [0, 0.1) is 5.92 Å². The Balaban J connectivity index is 2.15. The number of aliphatic hydroxyl groups is 1. The number of carbonyl (C=O) groups is 1. The molecule has 0 saturated heterocycles. The fourth-order valence-electron chi connectivity index (χ4n) is 2.75. The molecule has 23 heavy (non-hydrogen) atoms. The lowest BCUT2D eigenvalue weighted by atomic mass is 10.1. The lowest BCUT2D eigenvalue weighted by Gasteiger charge is -2.15. The number of para-hydroxylation sites is 1. The molecule has 2 aromatic rings. The number of aromatic nitrogens is 1. The van der Waals surface area contributed by atoms with Crippen molar-refractivity contribution in [3.05, 3.63) is 36.0 Å². The highest BCUT2D eigenvalue weighted by Crippen LogP contribution is 2.20. The van der Waals surface area contributed by atoms with E-state index in [1.807, 2.05) is 48.7 Å². The number of fused-ring (bicyclic) bond motifs is 1. The Bertz CT molecular complexity index is 649. The van der Waals surface area contributed by atoms with Gasteiger partial charge in [-0.25, -0.2) is 0 Å². The van der Waals surface area contributed by atoms with Gasteiger partial charge in [0.1, 0.15) is 5.69 Å². The number of nitrogens with zero attached hydrogens (tertiary/aromatic N) is 1. The minimum Gasteiger partial charge on any atom is -0.391 e. The molecule has 1 unspecified atom stereocenters. The third kappa shape index (κ3) is 4.56. The highest BCUT2D eigenvalue weighted by Gasteiger charge is 2.16. The van der Waals surface area contributed by atoms with Crippen LogP contribution >= 0.6 is 0 Å². The Morgan fingerprint density at radius 1 is 1.35 bits per heavy atom. The van der Waals surface area contributed by atoms with E-state index >= 15 is 0 Å². The number of carbonyl (C=O) groups excluding carboxylic acids is 1. The van der Waals surface area contributed by atoms with Gasteiger partial charge in [0.2, 0.25) is 0 Å². The summed E-state index contributed by atoms with van der Waals surface area (Å²) in [4.78, 5) is 12.5. The smallest absolute Gasteiger partial charge is 0.268 e. The van der Waals surface area contributed by atoms with Gasteiger partial charge >= 0.3 is 0 Å². The summed E-state index contributed by atoms with van der Waals surface area (Å²) in [5, 5.41) is 13.8. The first-order valence-corrected chi connectivity index (χ1v) is 8.06. The van der Waals surface area contributed by atoms with Crippen molar-refractivity contribution in [2.45, 2.75) is 32.9 Å². The Morgan fingerprint density at radius 3 is 2.78 bits per heavy atom. The molecule has 0 fully saturated rings. The molecule has 2 N–H and O–H groups in total. The van der Waals surface area contributed by atoms with E-state index < -0.39 is 6.10 Å². The van der Waals surface area contributed by atoms with Crippen molar-refractivity contribution in [3.8, 4) is 0 Å². The number of methoxy groups -OCH3 is 1. The molecule has 126 valence electrons. The zero-order chi connectivity index (χ0) is 16.8. The minimum atomic E-state index is -0.518. The van der Waals surface area contributed by atoms with Crippen molar-refractivity contribution >= 4 is 16.8 Å². The van der Waals surface area contributed by atoms with Gasteiger partial charge in [-0.05, 0) is 24.5 Å². The van der Waals surface area contributed by atoms with E-state index in [4.69, 9.17) is 4.74 Å². The Morgan fingerprint density at radius 2 is 2.09 bits per heavy atom. The highest BCUT2D eigenvalue weighted by atomic mass is 16.5. The summed E-state index contributed by atoms with van der Waals surface area (Å²) in [6.45, 7) is 5.51. The Labute approximate surface area is 137 Å².